The zero-order chi connectivity index (χ0) is 52.4. The van der Waals surface area contributed by atoms with Gasteiger partial charge in [-0.3, -0.25) is 0 Å². The van der Waals surface area contributed by atoms with Crippen LogP contribution in [0.2, 0.25) is 0 Å². The van der Waals surface area contributed by atoms with Gasteiger partial charge in [-0.05, 0) is 143 Å². The van der Waals surface area contributed by atoms with E-state index in [0.717, 1.165) is 61.3 Å². The van der Waals surface area contributed by atoms with Crippen molar-refractivity contribution in [2.45, 2.75) is 10.8 Å². The molecule has 0 unspecified atom stereocenters. The third-order valence-corrected chi connectivity index (χ3v) is 14.5. The Balaban J connectivity index is 1.14. The van der Waals surface area contributed by atoms with E-state index in [1.807, 2.05) is 48.5 Å². The van der Waals surface area contributed by atoms with E-state index in [-0.39, 0.29) is 11.1 Å². The Bertz CT molecular complexity index is 4040. The molecule has 1 nitrogen and oxygen atoms in total. The molecule has 10 aromatic carbocycles. The third-order valence-electron chi connectivity index (χ3n) is 13.6. The fourth-order valence-electron chi connectivity index (χ4n) is 10.9. The summed E-state index contributed by atoms with van der Waals surface area (Å²) < 4.78 is 93.5. The maximum absolute atomic E-state index is 9.67. The predicted molar refractivity (Wildman–Crippen MR) is 277 cm³/mol. The molecule has 310 valence electrons. The Morgan fingerprint density at radius 1 is 0.348 bits per heavy atom. The monoisotopic (exact) mass is 867 g/mol. The van der Waals surface area contributed by atoms with E-state index in [1.54, 1.807) is 23.5 Å². The van der Waals surface area contributed by atoms with Crippen molar-refractivity contribution in [1.82, 2.24) is 0 Å². The number of hydrogen-bond acceptors (Lipinski definition) is 2. The number of anilines is 3. The first-order valence-electron chi connectivity index (χ1n) is 27.0. The number of fused-ring (bicyclic) bond motifs is 7. The molecule has 0 spiro atoms. The molecule has 1 heterocycles. The lowest BCUT2D eigenvalue weighted by Crippen LogP contribution is -2.29. The maximum Gasteiger partial charge on any atom is 0.0714 e. The predicted octanol–water partition coefficient (Wildman–Crippen LogP) is 16.8. The number of nitrogens with zero attached hydrogens (tertiary/aromatic N) is 1. The molecule has 1 aromatic heterocycles. The normalized spacial score (nSPS) is 15.8. The zero-order valence-corrected chi connectivity index (χ0v) is 36.2. The summed E-state index contributed by atoms with van der Waals surface area (Å²) in [6, 6.07) is 60.5. The number of rotatable bonds is 8. The van der Waals surface area contributed by atoms with Gasteiger partial charge in [0.1, 0.15) is 0 Å². The van der Waals surface area contributed by atoms with Gasteiger partial charge in [-0.1, -0.05) is 200 Å². The molecule has 0 saturated carbocycles. The van der Waals surface area contributed by atoms with E-state index in [9.17, 15) is 5.48 Å². The Labute approximate surface area is 404 Å². The maximum atomic E-state index is 9.67. The molecule has 0 amide bonds. The van der Waals surface area contributed by atoms with Crippen LogP contribution in [0, 0.1) is 0 Å². The van der Waals surface area contributed by atoms with Gasteiger partial charge in [-0.25, -0.2) is 0 Å². The fourth-order valence-corrected chi connectivity index (χ4v) is 11.7. The number of benzene rings is 10. The van der Waals surface area contributed by atoms with Gasteiger partial charge < -0.3 is 4.90 Å². The Hall–Kier alpha value is -8.04. The topological polar surface area (TPSA) is 3.24 Å². The highest BCUT2D eigenvalue weighted by Crippen LogP contribution is 2.59. The second-order valence-electron chi connectivity index (χ2n) is 16.8. The van der Waals surface area contributed by atoms with Crippen LogP contribution in [0.3, 0.4) is 0 Å². The Kier molecular flexibility index (Phi) is 6.82. The standard InChI is InChI=1S/C64H43NS/c1-5-19-47(20-6-1)63(48-21-7-2-8-22-48)58-30-15-13-28-54(58)56-35-33-52(42-60(56)63)65(51-27-17-18-44(41-51)45-32-37-62-46(40-45)38-39-66-62)53-34-36-57-55-29-14-16-31-59(55)64(61(57)43-53,49-23-9-3-10-24-49)50-25-11-4-12-26-50/h1-43H/i1D,2D,5D,6D,7D,8D,19D,20D,21D,22D. The molecule has 2 aliphatic rings. The smallest absolute Gasteiger partial charge is 0.0714 e. The second kappa shape index (κ2) is 15.3. The molecular weight excluding hydrogens is 815 g/mol. The largest absolute Gasteiger partial charge is 0.310 e. The van der Waals surface area contributed by atoms with Crippen molar-refractivity contribution in [3.8, 4) is 33.4 Å². The minimum absolute atomic E-state index is 0.219. The minimum atomic E-state index is -2.03. The van der Waals surface area contributed by atoms with E-state index in [2.05, 4.69) is 144 Å². The number of hydrogen-bond donors (Lipinski definition) is 0. The SMILES string of the molecule is [2H]c1c([2H])c([2H])c(C2(c3c([2H])c([2H])c([2H])c([2H])c3[2H])c3ccccc3-c3ccc(N(c4cccc(-c5ccc6sccc6c5)c4)c4ccc5c(c4)C(c4ccccc4)(c4ccccc4)c4ccccc4-5)cc32)c([2H])c1[2H]. The van der Waals surface area contributed by atoms with Crippen LogP contribution in [0.5, 0.6) is 0 Å². The summed E-state index contributed by atoms with van der Waals surface area (Å²) in [5.74, 6) is 0. The van der Waals surface area contributed by atoms with Gasteiger partial charge in [-0.15, -0.1) is 11.3 Å². The van der Waals surface area contributed by atoms with E-state index < -0.39 is 71.3 Å². The average Bonchev–Trinajstić information content (AvgIpc) is 4.28. The highest BCUT2D eigenvalue weighted by Gasteiger charge is 2.48. The summed E-state index contributed by atoms with van der Waals surface area (Å²) in [5.41, 5.74) is 9.63. The summed E-state index contributed by atoms with van der Waals surface area (Å²) in [5, 5.41) is 3.22. The molecular formula is C64H43NS. The van der Waals surface area contributed by atoms with E-state index in [0.29, 0.717) is 27.9 Å². The first-order chi connectivity index (χ1) is 36.9. The second-order valence-corrected chi connectivity index (χ2v) is 17.8. The van der Waals surface area contributed by atoms with E-state index in [4.69, 9.17) is 8.22 Å². The van der Waals surface area contributed by atoms with Gasteiger partial charge in [0.25, 0.3) is 0 Å². The van der Waals surface area contributed by atoms with Crippen molar-refractivity contribution in [2.24, 2.45) is 0 Å². The molecule has 11 aromatic rings. The zero-order valence-electron chi connectivity index (χ0n) is 45.4. The van der Waals surface area contributed by atoms with Crippen LogP contribution < -0.4 is 4.90 Å². The first kappa shape index (κ1) is 29.4. The van der Waals surface area contributed by atoms with Crippen molar-refractivity contribution in [3.63, 3.8) is 0 Å². The quantitative estimate of drug-likeness (QED) is 0.147. The van der Waals surface area contributed by atoms with Crippen molar-refractivity contribution in [3.05, 3.63) is 304 Å². The molecule has 0 radical (unpaired) electrons. The molecule has 0 bridgehead atoms. The lowest BCUT2D eigenvalue weighted by molar-refractivity contribution is 0.767. The lowest BCUT2D eigenvalue weighted by Gasteiger charge is -2.36. The lowest BCUT2D eigenvalue weighted by atomic mass is 9.67. The van der Waals surface area contributed by atoms with Crippen molar-refractivity contribution < 1.29 is 13.7 Å². The van der Waals surface area contributed by atoms with Crippen LogP contribution >= 0.6 is 11.3 Å². The minimum Gasteiger partial charge on any atom is -0.310 e. The highest BCUT2D eigenvalue weighted by molar-refractivity contribution is 7.17. The molecule has 2 heteroatoms. The molecule has 0 N–H and O–H groups in total. The van der Waals surface area contributed by atoms with Gasteiger partial charge in [-0.2, -0.15) is 0 Å². The molecule has 66 heavy (non-hydrogen) atoms. The summed E-state index contributed by atoms with van der Waals surface area (Å²) in [4.78, 5) is 2.16. The van der Waals surface area contributed by atoms with Crippen molar-refractivity contribution in [1.29, 1.82) is 0 Å². The molecule has 0 saturated heterocycles. The third kappa shape index (κ3) is 5.65. The summed E-state index contributed by atoms with van der Waals surface area (Å²) >= 11 is 1.69. The Morgan fingerprint density at radius 2 is 0.833 bits per heavy atom. The van der Waals surface area contributed by atoms with Gasteiger partial charge in [0.2, 0.25) is 0 Å². The molecule has 0 fully saturated rings. The van der Waals surface area contributed by atoms with Crippen molar-refractivity contribution >= 4 is 38.5 Å². The molecule has 2 aliphatic carbocycles. The van der Waals surface area contributed by atoms with Crippen LogP contribution in [-0.4, -0.2) is 0 Å². The van der Waals surface area contributed by atoms with Gasteiger partial charge in [0.15, 0.2) is 0 Å². The van der Waals surface area contributed by atoms with Gasteiger partial charge >= 0.3 is 0 Å². The summed E-state index contributed by atoms with van der Waals surface area (Å²) in [6.07, 6.45) is 0. The van der Waals surface area contributed by atoms with E-state index >= 15 is 0 Å². The van der Waals surface area contributed by atoms with Crippen LogP contribution in [0.25, 0.3) is 43.5 Å². The molecule has 0 aliphatic heterocycles. The van der Waals surface area contributed by atoms with Gasteiger partial charge in [0, 0.05) is 21.8 Å². The summed E-state index contributed by atoms with van der Waals surface area (Å²) in [7, 11) is 0. The van der Waals surface area contributed by atoms with Crippen LogP contribution in [0.4, 0.5) is 17.1 Å². The molecule has 0 atom stereocenters. The van der Waals surface area contributed by atoms with E-state index in [1.165, 1.54) is 4.70 Å². The molecule has 13 rings (SSSR count). The van der Waals surface area contributed by atoms with Crippen LogP contribution in [-0.2, 0) is 10.8 Å². The van der Waals surface area contributed by atoms with Crippen molar-refractivity contribution in [2.75, 3.05) is 4.90 Å². The van der Waals surface area contributed by atoms with Gasteiger partial charge in [0.05, 0.1) is 24.5 Å². The number of thiophene rings is 1. The summed E-state index contributed by atoms with van der Waals surface area (Å²) in [6.45, 7) is 0. The Morgan fingerprint density at radius 3 is 1.41 bits per heavy atom. The van der Waals surface area contributed by atoms with Crippen LogP contribution in [0.15, 0.2) is 260 Å². The van der Waals surface area contributed by atoms with Crippen LogP contribution in [0.1, 0.15) is 58.2 Å². The fraction of sp³-hybridized carbons (Fsp3) is 0.0312. The average molecular weight is 868 g/mol. The highest BCUT2D eigenvalue weighted by atomic mass is 32.1. The first-order valence-corrected chi connectivity index (χ1v) is 22.9.